The molecule has 2 fully saturated rings. The van der Waals surface area contributed by atoms with Crippen LogP contribution in [-0.2, 0) is 32.0 Å². The summed E-state index contributed by atoms with van der Waals surface area (Å²) in [6, 6.07) is 13.6. The predicted molar refractivity (Wildman–Crippen MR) is 158 cm³/mol. The molecule has 6 rings (SSSR count). The zero-order chi connectivity index (χ0) is 30.7. The van der Waals surface area contributed by atoms with Gasteiger partial charge < -0.3 is 38.5 Å². The molecule has 2 saturated heterocycles. The van der Waals surface area contributed by atoms with E-state index in [1.54, 1.807) is 23.7 Å². The summed E-state index contributed by atoms with van der Waals surface area (Å²) in [5.74, 6) is -1.38. The Morgan fingerprint density at radius 1 is 0.744 bits per heavy atom. The van der Waals surface area contributed by atoms with Crippen molar-refractivity contribution >= 4 is 33.7 Å². The molecule has 226 valence electrons. The van der Waals surface area contributed by atoms with E-state index in [0.717, 1.165) is 22.6 Å². The van der Waals surface area contributed by atoms with Crippen molar-refractivity contribution in [1.29, 1.82) is 0 Å². The molecule has 2 aliphatic heterocycles. The average Bonchev–Trinajstić information content (AvgIpc) is 3.70. The molecule has 1 amide bonds. The number of hydrogen-bond donors (Lipinski definition) is 2. The Labute approximate surface area is 246 Å². The molecule has 4 heterocycles. The number of amides is 1. The van der Waals surface area contributed by atoms with Crippen molar-refractivity contribution in [2.24, 2.45) is 0 Å². The summed E-state index contributed by atoms with van der Waals surface area (Å²) in [5, 5.41) is 13.1. The van der Waals surface area contributed by atoms with Crippen LogP contribution in [0.1, 0.15) is 31.8 Å². The van der Waals surface area contributed by atoms with Crippen LogP contribution in [0.2, 0.25) is 0 Å². The Balaban J connectivity index is 0.000000171. The molecule has 12 nitrogen and oxygen atoms in total. The first-order chi connectivity index (χ1) is 20.7. The number of carbonyl (C=O) groups is 2. The zero-order valence-electron chi connectivity index (χ0n) is 24.1. The quantitative estimate of drug-likeness (QED) is 0.345. The highest BCUT2D eigenvalue weighted by atomic mass is 16.7. The number of rotatable bonds is 6. The maximum Gasteiger partial charge on any atom is 0.336 e. The summed E-state index contributed by atoms with van der Waals surface area (Å²) < 4.78 is 24.7. The van der Waals surface area contributed by atoms with Gasteiger partial charge in [0.05, 0.1) is 61.7 Å². The summed E-state index contributed by atoms with van der Waals surface area (Å²) in [4.78, 5) is 48.0. The lowest BCUT2D eigenvalue weighted by Crippen LogP contribution is -2.29. The predicted octanol–water partition coefficient (Wildman–Crippen LogP) is 2.42. The number of pyridine rings is 2. The number of aromatic nitrogens is 2. The smallest absolute Gasteiger partial charge is 0.336 e. The number of nitrogens with one attached hydrogen (secondary N) is 1. The minimum absolute atomic E-state index is 0.0134. The Bertz CT molecular complexity index is 1800. The number of hydrogen-bond acceptors (Lipinski definition) is 8. The highest BCUT2D eigenvalue weighted by Crippen LogP contribution is 2.21. The van der Waals surface area contributed by atoms with E-state index in [9.17, 15) is 24.3 Å². The second-order valence-electron chi connectivity index (χ2n) is 10.3. The first-order valence-corrected chi connectivity index (χ1v) is 13.9. The number of nitrogens with zero attached hydrogens (tertiary/aromatic N) is 2. The minimum atomic E-state index is -1.11. The second-order valence-corrected chi connectivity index (χ2v) is 10.3. The van der Waals surface area contributed by atoms with E-state index in [4.69, 9.17) is 18.9 Å². The summed E-state index contributed by atoms with van der Waals surface area (Å²) >= 11 is 0. The molecule has 2 aromatic carbocycles. The molecular formula is C31H33N3O9. The maximum atomic E-state index is 12.4. The maximum absolute atomic E-state index is 12.4. The SMILES string of the molecule is CNC(=O)c1cc(=O)n(CC2OCCO2)c2cc(C)ccc12.Cc1ccc2c(C(=O)O)cc(=O)n(CC3OCCO3)c2c1. The van der Waals surface area contributed by atoms with Crippen molar-refractivity contribution in [3.8, 4) is 0 Å². The zero-order valence-corrected chi connectivity index (χ0v) is 24.1. The van der Waals surface area contributed by atoms with Crippen molar-refractivity contribution < 1.29 is 33.6 Å². The van der Waals surface area contributed by atoms with Gasteiger partial charge in [0.25, 0.3) is 17.0 Å². The van der Waals surface area contributed by atoms with Gasteiger partial charge in [-0.25, -0.2) is 4.79 Å². The van der Waals surface area contributed by atoms with Gasteiger partial charge in [-0.15, -0.1) is 0 Å². The average molecular weight is 592 g/mol. The molecule has 2 N–H and O–H groups in total. The van der Waals surface area contributed by atoms with Crippen LogP contribution in [-0.4, -0.2) is 72.2 Å². The topological polar surface area (TPSA) is 147 Å². The second kappa shape index (κ2) is 12.9. The van der Waals surface area contributed by atoms with Crippen LogP contribution in [0.4, 0.5) is 0 Å². The van der Waals surface area contributed by atoms with Gasteiger partial charge in [-0.1, -0.05) is 24.3 Å². The summed E-state index contributed by atoms with van der Waals surface area (Å²) in [6.07, 6.45) is -0.894. The van der Waals surface area contributed by atoms with Crippen LogP contribution >= 0.6 is 0 Å². The van der Waals surface area contributed by atoms with Gasteiger partial charge in [0.15, 0.2) is 12.6 Å². The molecule has 0 bridgehead atoms. The molecule has 0 aliphatic carbocycles. The van der Waals surface area contributed by atoms with Gasteiger partial charge in [0.1, 0.15) is 0 Å². The lowest BCUT2D eigenvalue weighted by Gasteiger charge is -2.16. The number of carboxylic acids is 1. The molecule has 0 unspecified atom stereocenters. The lowest BCUT2D eigenvalue weighted by atomic mass is 10.1. The van der Waals surface area contributed by atoms with Gasteiger partial charge in [-0.3, -0.25) is 14.4 Å². The number of fused-ring (bicyclic) bond motifs is 2. The van der Waals surface area contributed by atoms with Crippen molar-refractivity contribution in [3.05, 3.63) is 91.5 Å². The van der Waals surface area contributed by atoms with Crippen LogP contribution in [0, 0.1) is 13.8 Å². The Morgan fingerprint density at radius 2 is 1.16 bits per heavy atom. The van der Waals surface area contributed by atoms with E-state index in [1.165, 1.54) is 10.6 Å². The van der Waals surface area contributed by atoms with Crippen molar-refractivity contribution in [2.45, 2.75) is 39.5 Å². The molecule has 4 aromatic rings. The molecule has 0 saturated carbocycles. The molecule has 0 spiro atoms. The van der Waals surface area contributed by atoms with E-state index in [0.29, 0.717) is 55.0 Å². The number of aromatic carboxylic acids is 1. The first kappa shape index (κ1) is 30.1. The van der Waals surface area contributed by atoms with Crippen LogP contribution < -0.4 is 16.4 Å². The highest BCUT2D eigenvalue weighted by Gasteiger charge is 2.22. The van der Waals surface area contributed by atoms with E-state index in [1.807, 2.05) is 38.1 Å². The molecule has 2 aromatic heterocycles. The minimum Gasteiger partial charge on any atom is -0.478 e. The van der Waals surface area contributed by atoms with E-state index in [-0.39, 0.29) is 29.1 Å². The molecule has 12 heteroatoms. The normalized spacial score (nSPS) is 15.5. The third-order valence-corrected chi connectivity index (χ3v) is 7.28. The standard InChI is InChI=1S/C16H18N2O4.C15H15NO5/c1-10-3-4-11-12(16(20)17-2)8-14(19)18(13(11)7-10)9-15-21-5-6-22-15;1-9-2-3-10-11(15(18)19)7-13(17)16(12(10)6-9)8-14-20-4-5-21-14/h3-4,7-8,15H,5-6,9H2,1-2H3,(H,17,20);2-3,6-7,14H,4-5,8H2,1H3,(H,18,19). The van der Waals surface area contributed by atoms with Gasteiger partial charge in [-0.2, -0.15) is 0 Å². The molecule has 0 atom stereocenters. The Kier molecular flexibility index (Phi) is 9.02. The van der Waals surface area contributed by atoms with Gasteiger partial charge in [0.2, 0.25) is 0 Å². The Hall–Kier alpha value is -4.36. The van der Waals surface area contributed by atoms with Crippen LogP contribution in [0.15, 0.2) is 58.1 Å². The van der Waals surface area contributed by atoms with E-state index in [2.05, 4.69) is 5.32 Å². The van der Waals surface area contributed by atoms with Gasteiger partial charge in [0, 0.05) is 30.0 Å². The van der Waals surface area contributed by atoms with E-state index >= 15 is 0 Å². The molecule has 2 aliphatic rings. The molecule has 0 radical (unpaired) electrons. The molecule has 43 heavy (non-hydrogen) atoms. The third-order valence-electron chi connectivity index (χ3n) is 7.28. The largest absolute Gasteiger partial charge is 0.478 e. The Morgan fingerprint density at radius 3 is 1.58 bits per heavy atom. The van der Waals surface area contributed by atoms with Crippen LogP contribution in [0.5, 0.6) is 0 Å². The van der Waals surface area contributed by atoms with Gasteiger partial charge >= 0.3 is 5.97 Å². The fourth-order valence-electron chi connectivity index (χ4n) is 5.18. The number of benzene rings is 2. The van der Waals surface area contributed by atoms with E-state index < -0.39 is 18.5 Å². The van der Waals surface area contributed by atoms with Gasteiger partial charge in [-0.05, 0) is 37.1 Å². The summed E-state index contributed by atoms with van der Waals surface area (Å²) in [5.41, 5.74) is 3.05. The summed E-state index contributed by atoms with van der Waals surface area (Å²) in [6.45, 7) is 6.48. The van der Waals surface area contributed by atoms with Crippen molar-refractivity contribution in [2.75, 3.05) is 33.5 Å². The van der Waals surface area contributed by atoms with Crippen molar-refractivity contribution in [1.82, 2.24) is 14.5 Å². The van der Waals surface area contributed by atoms with Crippen LogP contribution in [0.3, 0.4) is 0 Å². The number of carboxylic acid groups (broad SMARTS) is 1. The third kappa shape index (κ3) is 6.52. The monoisotopic (exact) mass is 591 g/mol. The fraction of sp³-hybridized carbons (Fsp3) is 0.355. The number of ether oxygens (including phenoxy) is 4. The first-order valence-electron chi connectivity index (χ1n) is 13.9. The van der Waals surface area contributed by atoms with Crippen LogP contribution in [0.25, 0.3) is 21.8 Å². The van der Waals surface area contributed by atoms with Crippen molar-refractivity contribution in [3.63, 3.8) is 0 Å². The number of aryl methyl sites for hydroxylation is 2. The molecular weight excluding hydrogens is 558 g/mol. The highest BCUT2D eigenvalue weighted by molar-refractivity contribution is 6.06. The lowest BCUT2D eigenvalue weighted by molar-refractivity contribution is -0.0525. The summed E-state index contributed by atoms with van der Waals surface area (Å²) in [7, 11) is 1.55. The fourth-order valence-corrected chi connectivity index (χ4v) is 5.18. The number of carbonyl (C=O) groups excluding carboxylic acids is 1.